The maximum Gasteiger partial charge on any atom is 0.265 e. The second-order valence-electron chi connectivity index (χ2n) is 6.05. The summed E-state index contributed by atoms with van der Waals surface area (Å²) >= 11 is 0. The number of halogens is 2. The Kier molecular flexibility index (Phi) is 3.93. The summed E-state index contributed by atoms with van der Waals surface area (Å²) in [5.74, 6) is 0.419. The summed E-state index contributed by atoms with van der Waals surface area (Å²) in [5.41, 5.74) is 0.595. The minimum Gasteiger partial charge on any atom is -0.474 e. The second kappa shape index (κ2) is 5.72. The molecule has 2 aliphatic rings. The van der Waals surface area contributed by atoms with Gasteiger partial charge in [0.1, 0.15) is 6.10 Å². The van der Waals surface area contributed by atoms with Crippen LogP contribution in [0.15, 0.2) is 18.7 Å². The maximum atomic E-state index is 12.8. The van der Waals surface area contributed by atoms with Crippen molar-refractivity contribution in [1.29, 1.82) is 0 Å². The summed E-state index contributed by atoms with van der Waals surface area (Å²) < 4.78 is 31.5. The lowest BCUT2D eigenvalue weighted by atomic mass is 9.69. The molecule has 5 heteroatoms. The minimum absolute atomic E-state index is 0.0968. The van der Waals surface area contributed by atoms with E-state index in [9.17, 15) is 8.78 Å². The number of ether oxygens (including phenoxy) is 1. The van der Waals surface area contributed by atoms with Gasteiger partial charge in [-0.3, -0.25) is 0 Å². The molecule has 1 aliphatic carbocycles. The van der Waals surface area contributed by atoms with Crippen LogP contribution in [0.4, 0.5) is 8.78 Å². The highest BCUT2D eigenvalue weighted by Gasteiger charge is 2.40. The van der Waals surface area contributed by atoms with E-state index in [2.05, 4.69) is 16.9 Å². The standard InChI is InChI=1S/C16H20F2N2O/c1-2-13-12(15(17)18)3-4-14(20-13)21-11-5-7-16(8-6-11)9-19-10-16/h2-4,11,15,19H,1,5-10H2. The molecule has 0 atom stereocenters. The van der Waals surface area contributed by atoms with Crippen molar-refractivity contribution >= 4 is 6.08 Å². The number of aromatic nitrogens is 1. The topological polar surface area (TPSA) is 34.1 Å². The van der Waals surface area contributed by atoms with Gasteiger partial charge in [0.05, 0.1) is 5.69 Å². The van der Waals surface area contributed by atoms with Crippen molar-refractivity contribution in [3.05, 3.63) is 30.0 Å². The Morgan fingerprint density at radius 1 is 1.33 bits per heavy atom. The average molecular weight is 294 g/mol. The highest BCUT2D eigenvalue weighted by molar-refractivity contribution is 5.48. The van der Waals surface area contributed by atoms with Crippen molar-refractivity contribution in [3.63, 3.8) is 0 Å². The van der Waals surface area contributed by atoms with Crippen LogP contribution >= 0.6 is 0 Å². The number of pyridine rings is 1. The first-order valence-corrected chi connectivity index (χ1v) is 7.41. The van der Waals surface area contributed by atoms with Crippen molar-refractivity contribution in [1.82, 2.24) is 10.3 Å². The van der Waals surface area contributed by atoms with Crippen LogP contribution in [0.1, 0.15) is 43.4 Å². The fraction of sp³-hybridized carbons (Fsp3) is 0.562. The van der Waals surface area contributed by atoms with Crippen LogP contribution in [0, 0.1) is 5.41 Å². The van der Waals surface area contributed by atoms with Gasteiger partial charge in [-0.2, -0.15) is 0 Å². The Labute approximate surface area is 123 Å². The molecule has 1 N–H and O–H groups in total. The molecule has 0 aromatic carbocycles. The SMILES string of the molecule is C=Cc1nc(OC2CCC3(CC2)CNC3)ccc1C(F)F. The van der Waals surface area contributed by atoms with E-state index in [1.54, 1.807) is 0 Å². The summed E-state index contributed by atoms with van der Waals surface area (Å²) in [5, 5.41) is 3.33. The number of hydrogen-bond acceptors (Lipinski definition) is 3. The molecule has 0 bridgehead atoms. The molecule has 1 aromatic heterocycles. The Bertz CT molecular complexity index is 519. The lowest BCUT2D eigenvalue weighted by molar-refractivity contribution is 0.0401. The van der Waals surface area contributed by atoms with Crippen LogP contribution in [0.2, 0.25) is 0 Å². The van der Waals surface area contributed by atoms with Gasteiger partial charge >= 0.3 is 0 Å². The molecule has 1 spiro atoms. The zero-order chi connectivity index (χ0) is 14.9. The van der Waals surface area contributed by atoms with Gasteiger partial charge in [0.25, 0.3) is 6.43 Å². The van der Waals surface area contributed by atoms with Gasteiger partial charge in [0, 0.05) is 24.7 Å². The molecule has 114 valence electrons. The zero-order valence-electron chi connectivity index (χ0n) is 11.9. The molecule has 3 nitrogen and oxygen atoms in total. The van der Waals surface area contributed by atoms with E-state index in [-0.39, 0.29) is 17.4 Å². The highest BCUT2D eigenvalue weighted by Crippen LogP contribution is 2.40. The van der Waals surface area contributed by atoms with Gasteiger partial charge in [0.15, 0.2) is 0 Å². The van der Waals surface area contributed by atoms with Crippen LogP contribution in [-0.2, 0) is 0 Å². The summed E-state index contributed by atoms with van der Waals surface area (Å²) in [6.07, 6.45) is 3.28. The summed E-state index contributed by atoms with van der Waals surface area (Å²) in [6.45, 7) is 5.77. The van der Waals surface area contributed by atoms with Crippen molar-refractivity contribution in [2.24, 2.45) is 5.41 Å². The minimum atomic E-state index is -2.54. The van der Waals surface area contributed by atoms with Gasteiger partial charge < -0.3 is 10.1 Å². The van der Waals surface area contributed by atoms with E-state index >= 15 is 0 Å². The Morgan fingerprint density at radius 2 is 2.05 bits per heavy atom. The van der Waals surface area contributed by atoms with Gasteiger partial charge in [-0.1, -0.05) is 6.58 Å². The molecule has 1 saturated carbocycles. The van der Waals surface area contributed by atoms with Crippen molar-refractivity contribution in [2.75, 3.05) is 13.1 Å². The predicted octanol–water partition coefficient (Wildman–Crippen LogP) is 3.57. The molecule has 21 heavy (non-hydrogen) atoms. The summed E-state index contributed by atoms with van der Waals surface area (Å²) in [4.78, 5) is 4.14. The fourth-order valence-corrected chi connectivity index (χ4v) is 3.21. The molecule has 1 aliphatic heterocycles. The van der Waals surface area contributed by atoms with Crippen LogP contribution in [0.5, 0.6) is 5.88 Å². The Hall–Kier alpha value is -1.49. The Balaban J connectivity index is 1.64. The fourth-order valence-electron chi connectivity index (χ4n) is 3.21. The number of nitrogens with one attached hydrogen (secondary N) is 1. The first kappa shape index (κ1) is 14.4. The monoisotopic (exact) mass is 294 g/mol. The highest BCUT2D eigenvalue weighted by atomic mass is 19.3. The maximum absolute atomic E-state index is 12.8. The van der Waals surface area contributed by atoms with Gasteiger partial charge in [-0.15, -0.1) is 0 Å². The van der Waals surface area contributed by atoms with Crippen molar-refractivity contribution < 1.29 is 13.5 Å². The molecule has 2 fully saturated rings. The third kappa shape index (κ3) is 2.93. The average Bonchev–Trinajstić information content (AvgIpc) is 2.46. The van der Waals surface area contributed by atoms with E-state index in [1.165, 1.54) is 18.2 Å². The van der Waals surface area contributed by atoms with Crippen molar-refractivity contribution in [2.45, 2.75) is 38.2 Å². The number of nitrogens with zero attached hydrogens (tertiary/aromatic N) is 1. The van der Waals surface area contributed by atoms with Gasteiger partial charge in [0.2, 0.25) is 5.88 Å². The number of hydrogen-bond donors (Lipinski definition) is 1. The van der Waals surface area contributed by atoms with E-state index in [1.807, 2.05) is 0 Å². The normalized spacial score (nSPS) is 21.3. The van der Waals surface area contributed by atoms with E-state index in [0.29, 0.717) is 11.3 Å². The molecule has 0 unspecified atom stereocenters. The zero-order valence-corrected chi connectivity index (χ0v) is 11.9. The molecule has 1 aromatic rings. The molecule has 0 amide bonds. The lowest BCUT2D eigenvalue weighted by Crippen LogP contribution is -2.55. The van der Waals surface area contributed by atoms with E-state index in [0.717, 1.165) is 38.8 Å². The van der Waals surface area contributed by atoms with Gasteiger partial charge in [-0.25, -0.2) is 13.8 Å². The summed E-state index contributed by atoms with van der Waals surface area (Å²) in [6, 6.07) is 2.91. The van der Waals surface area contributed by atoms with Crippen LogP contribution in [-0.4, -0.2) is 24.2 Å². The van der Waals surface area contributed by atoms with E-state index in [4.69, 9.17) is 4.74 Å². The predicted molar refractivity (Wildman–Crippen MR) is 77.5 cm³/mol. The largest absolute Gasteiger partial charge is 0.474 e. The molecular weight excluding hydrogens is 274 g/mol. The number of alkyl halides is 2. The molecule has 2 heterocycles. The Morgan fingerprint density at radius 3 is 2.57 bits per heavy atom. The van der Waals surface area contributed by atoms with Crippen LogP contribution in [0.3, 0.4) is 0 Å². The molecule has 1 saturated heterocycles. The molecular formula is C16H20F2N2O. The smallest absolute Gasteiger partial charge is 0.265 e. The molecule has 0 radical (unpaired) electrons. The van der Waals surface area contributed by atoms with Gasteiger partial charge in [-0.05, 0) is 43.2 Å². The van der Waals surface area contributed by atoms with Crippen LogP contribution in [0.25, 0.3) is 6.08 Å². The van der Waals surface area contributed by atoms with Crippen LogP contribution < -0.4 is 10.1 Å². The third-order valence-electron chi connectivity index (χ3n) is 4.64. The summed E-state index contributed by atoms with van der Waals surface area (Å²) in [7, 11) is 0. The second-order valence-corrected chi connectivity index (χ2v) is 6.05. The lowest BCUT2D eigenvalue weighted by Gasteiger charge is -2.47. The van der Waals surface area contributed by atoms with E-state index < -0.39 is 6.43 Å². The number of rotatable bonds is 4. The first-order valence-electron chi connectivity index (χ1n) is 7.41. The first-order chi connectivity index (χ1) is 10.1. The quantitative estimate of drug-likeness (QED) is 0.921. The van der Waals surface area contributed by atoms with Crippen molar-refractivity contribution in [3.8, 4) is 5.88 Å². The molecule has 3 rings (SSSR count). The third-order valence-corrected chi connectivity index (χ3v) is 4.64.